The first kappa shape index (κ1) is 33.0. The van der Waals surface area contributed by atoms with Gasteiger partial charge in [-0.25, -0.2) is 0 Å². The fourth-order valence-electron chi connectivity index (χ4n) is 6.27. The number of carbonyl (C=O) groups is 2. The summed E-state index contributed by atoms with van der Waals surface area (Å²) in [5.41, 5.74) is 6.23. The van der Waals surface area contributed by atoms with E-state index in [0.717, 1.165) is 35.1 Å². The largest absolute Gasteiger partial charge is 0.466 e. The van der Waals surface area contributed by atoms with E-state index in [0.29, 0.717) is 55.0 Å². The summed E-state index contributed by atoms with van der Waals surface area (Å²) >= 11 is 0. The molecule has 3 aromatic carbocycles. The van der Waals surface area contributed by atoms with Crippen molar-refractivity contribution in [2.45, 2.75) is 66.8 Å². The van der Waals surface area contributed by atoms with Crippen LogP contribution < -0.4 is 4.48 Å². The lowest BCUT2D eigenvalue weighted by molar-refractivity contribution is -0.143. The van der Waals surface area contributed by atoms with Crippen LogP contribution in [0.5, 0.6) is 0 Å². The summed E-state index contributed by atoms with van der Waals surface area (Å²) in [5, 5.41) is 0.861. The topological polar surface area (TPSA) is 61.4 Å². The number of para-hydroxylation sites is 1. The third-order valence-electron chi connectivity index (χ3n) is 8.57. The van der Waals surface area contributed by atoms with E-state index in [4.69, 9.17) is 9.15 Å². The number of hydrogen-bond acceptors (Lipinski definition) is 4. The van der Waals surface area contributed by atoms with Crippen molar-refractivity contribution in [1.82, 2.24) is 9.05 Å². The highest BCUT2D eigenvalue weighted by atomic mass is 16.5. The molecule has 0 aliphatic carbocycles. The van der Waals surface area contributed by atoms with Crippen LogP contribution in [0.3, 0.4) is 0 Å². The number of fused-ring (bicyclic) bond motifs is 1. The minimum atomic E-state index is -0.205. The number of quaternary nitrogens is 1. The molecule has 240 valence electrons. The van der Waals surface area contributed by atoms with Crippen molar-refractivity contribution in [3.63, 3.8) is 0 Å². The highest BCUT2D eigenvalue weighted by Gasteiger charge is 2.36. The van der Waals surface area contributed by atoms with Gasteiger partial charge in [0.05, 0.1) is 19.2 Å². The van der Waals surface area contributed by atoms with Crippen LogP contribution in [0, 0.1) is 11.8 Å². The number of ether oxygens (including phenoxy) is 1. The molecule has 0 amide bonds. The predicted molar refractivity (Wildman–Crippen MR) is 187 cm³/mol. The Morgan fingerprint density at radius 3 is 1.96 bits per heavy atom. The van der Waals surface area contributed by atoms with E-state index in [9.17, 15) is 9.59 Å². The number of nitrogens with zero attached hydrogens (tertiary/aromatic N) is 2. The summed E-state index contributed by atoms with van der Waals surface area (Å²) in [4.78, 5) is 26.0. The van der Waals surface area contributed by atoms with E-state index in [1.165, 1.54) is 11.1 Å². The maximum Gasteiger partial charge on any atom is 0.307 e. The minimum absolute atomic E-state index is 0.169. The second kappa shape index (κ2) is 14.3. The zero-order valence-corrected chi connectivity index (χ0v) is 28.1. The van der Waals surface area contributed by atoms with Crippen molar-refractivity contribution >= 4 is 39.9 Å². The molecule has 6 nitrogen and oxygen atoms in total. The van der Waals surface area contributed by atoms with E-state index in [1.807, 2.05) is 48.0 Å². The van der Waals surface area contributed by atoms with E-state index >= 15 is 0 Å². The molecule has 0 atom stereocenters. The van der Waals surface area contributed by atoms with Gasteiger partial charge >= 0.3 is 11.9 Å². The predicted octanol–water partition coefficient (Wildman–Crippen LogP) is 9.81. The van der Waals surface area contributed by atoms with Crippen LogP contribution in [-0.4, -0.2) is 30.0 Å². The van der Waals surface area contributed by atoms with Crippen LogP contribution >= 0.6 is 0 Å². The Morgan fingerprint density at radius 1 is 0.804 bits per heavy atom. The number of benzene rings is 3. The third-order valence-corrected chi connectivity index (χ3v) is 8.57. The van der Waals surface area contributed by atoms with Gasteiger partial charge in [0.15, 0.2) is 5.76 Å². The molecule has 5 rings (SSSR count). The summed E-state index contributed by atoms with van der Waals surface area (Å²) in [7, 11) is 2.12. The number of rotatable bonds is 14. The standard InChI is InChI=1S/C40H47N2O4/c1-7-45-39(43)13-10-24-41-27-35(34-11-8-9-12-36(34)41)40(44)37-22-23-38(46-37)42(6,32-18-14-30(15-19-32)25-28(2)3)33-20-16-31(17-21-33)26-29(4)5/h8-9,11-12,14-23,27-29H,7,10,13,24-26H2,1-6H3/q+1. The Morgan fingerprint density at radius 2 is 1.39 bits per heavy atom. The molecule has 0 unspecified atom stereocenters. The Labute approximate surface area is 273 Å². The highest BCUT2D eigenvalue weighted by Crippen LogP contribution is 2.43. The molecular formula is C40H47N2O4+. The second-order valence-electron chi connectivity index (χ2n) is 13.2. The number of carbonyl (C=O) groups excluding carboxylic acids is 2. The molecule has 46 heavy (non-hydrogen) atoms. The first-order valence-electron chi connectivity index (χ1n) is 16.5. The minimum Gasteiger partial charge on any atom is -0.466 e. The van der Waals surface area contributed by atoms with Gasteiger partial charge in [-0.2, -0.15) is 4.48 Å². The molecule has 6 heteroatoms. The van der Waals surface area contributed by atoms with E-state index in [2.05, 4.69) is 83.3 Å². The lowest BCUT2D eigenvalue weighted by Gasteiger charge is -2.30. The summed E-state index contributed by atoms with van der Waals surface area (Å²) in [6.45, 7) is 11.7. The van der Waals surface area contributed by atoms with Gasteiger partial charge in [-0.3, -0.25) is 9.59 Å². The smallest absolute Gasteiger partial charge is 0.307 e. The molecule has 0 radical (unpaired) electrons. The van der Waals surface area contributed by atoms with Gasteiger partial charge in [0.25, 0.3) is 0 Å². The van der Waals surface area contributed by atoms with Crippen LogP contribution in [0.1, 0.15) is 74.7 Å². The van der Waals surface area contributed by atoms with Crippen molar-refractivity contribution in [3.8, 4) is 0 Å². The average molecular weight is 620 g/mol. The summed E-state index contributed by atoms with van der Waals surface area (Å²) < 4.78 is 13.9. The number of aryl methyl sites for hydroxylation is 1. The lowest BCUT2D eigenvalue weighted by Crippen LogP contribution is -2.33. The van der Waals surface area contributed by atoms with Crippen molar-refractivity contribution in [2.24, 2.45) is 11.8 Å². The zero-order chi connectivity index (χ0) is 32.8. The lowest BCUT2D eigenvalue weighted by atomic mass is 10.0. The first-order valence-corrected chi connectivity index (χ1v) is 16.5. The Balaban J connectivity index is 1.50. The van der Waals surface area contributed by atoms with Crippen molar-refractivity contribution < 1.29 is 18.7 Å². The Hall–Kier alpha value is -4.42. The van der Waals surface area contributed by atoms with Crippen LogP contribution in [0.25, 0.3) is 10.9 Å². The molecule has 5 aromatic rings. The van der Waals surface area contributed by atoms with Gasteiger partial charge in [-0.1, -0.05) is 70.2 Å². The number of furan rings is 1. The molecule has 2 heterocycles. The van der Waals surface area contributed by atoms with E-state index < -0.39 is 0 Å². The molecule has 0 aliphatic rings. The number of hydrogen-bond donors (Lipinski definition) is 0. The molecule has 0 fully saturated rings. The first-order chi connectivity index (χ1) is 22.1. The quantitative estimate of drug-likeness (QED) is 0.0705. The number of esters is 1. The van der Waals surface area contributed by atoms with Gasteiger partial charge in [0.1, 0.15) is 11.4 Å². The summed E-state index contributed by atoms with van der Waals surface area (Å²) in [5.74, 6) is 1.72. The molecule has 0 aliphatic heterocycles. The maximum atomic E-state index is 14.1. The van der Waals surface area contributed by atoms with Crippen molar-refractivity contribution in [1.29, 1.82) is 0 Å². The molecule has 0 saturated carbocycles. The molecule has 2 aromatic heterocycles. The van der Waals surface area contributed by atoms with Gasteiger partial charge < -0.3 is 13.7 Å². The molecule has 0 bridgehead atoms. The van der Waals surface area contributed by atoms with E-state index in [1.54, 1.807) is 6.07 Å². The number of aromatic nitrogens is 1. The third kappa shape index (κ3) is 7.18. The fourth-order valence-corrected chi connectivity index (χ4v) is 6.27. The van der Waals surface area contributed by atoms with Gasteiger partial charge in [0.2, 0.25) is 5.78 Å². The monoisotopic (exact) mass is 619 g/mol. The van der Waals surface area contributed by atoms with E-state index in [-0.39, 0.29) is 16.2 Å². The fraction of sp³-hybridized carbons (Fsp3) is 0.350. The van der Waals surface area contributed by atoms with Crippen LogP contribution in [0.4, 0.5) is 17.3 Å². The van der Waals surface area contributed by atoms with Crippen molar-refractivity contribution in [2.75, 3.05) is 13.7 Å². The average Bonchev–Trinajstić information content (AvgIpc) is 3.67. The maximum absolute atomic E-state index is 14.1. The molecule has 0 spiro atoms. The van der Waals surface area contributed by atoms with Gasteiger partial charge in [-0.05, 0) is 61.3 Å². The molecular weight excluding hydrogens is 572 g/mol. The second-order valence-corrected chi connectivity index (χ2v) is 13.2. The van der Waals surface area contributed by atoms with Crippen LogP contribution in [0.15, 0.2) is 95.5 Å². The van der Waals surface area contributed by atoms with Crippen molar-refractivity contribution in [3.05, 3.63) is 114 Å². The Kier molecular flexibility index (Phi) is 10.3. The van der Waals surface area contributed by atoms with Gasteiger partial charge in [0, 0.05) is 60.4 Å². The number of ketones is 1. The van der Waals surface area contributed by atoms with Crippen LogP contribution in [0.2, 0.25) is 0 Å². The Bertz CT molecular complexity index is 1720. The summed E-state index contributed by atoms with van der Waals surface area (Å²) in [6, 6.07) is 29.1. The summed E-state index contributed by atoms with van der Waals surface area (Å²) in [6.07, 6.45) is 4.87. The molecule has 0 N–H and O–H groups in total. The zero-order valence-electron chi connectivity index (χ0n) is 28.1. The molecule has 0 saturated heterocycles. The van der Waals surface area contributed by atoms with Gasteiger partial charge in [-0.15, -0.1) is 0 Å². The normalized spacial score (nSPS) is 11.9. The van der Waals surface area contributed by atoms with Crippen LogP contribution in [-0.2, 0) is 28.9 Å². The highest BCUT2D eigenvalue weighted by molar-refractivity contribution is 6.15. The SMILES string of the molecule is CCOC(=O)CCCn1cc(C(=O)c2ccc([N+](C)(c3ccc(CC(C)C)cc3)c3ccc(CC(C)C)cc3)o2)c2ccccc21.